The maximum atomic E-state index is 6.80. The van der Waals surface area contributed by atoms with Crippen molar-refractivity contribution in [3.63, 3.8) is 0 Å². The second-order valence-electron chi connectivity index (χ2n) is 4.59. The van der Waals surface area contributed by atoms with E-state index in [1.807, 2.05) is 30.3 Å². The van der Waals surface area contributed by atoms with Crippen molar-refractivity contribution in [3.8, 4) is 0 Å². The molecule has 0 heterocycles. The average molecular weight is 309 g/mol. The summed E-state index contributed by atoms with van der Waals surface area (Å²) in [6.07, 6.45) is 1.99. The summed E-state index contributed by atoms with van der Waals surface area (Å²) in [5, 5.41) is 2.20. The fourth-order valence-electron chi connectivity index (χ4n) is 2.48. The van der Waals surface area contributed by atoms with E-state index in [1.54, 1.807) is 0 Å². The van der Waals surface area contributed by atoms with Crippen LogP contribution in [0.5, 0.6) is 0 Å². The third-order valence-corrected chi connectivity index (χ3v) is 8.22. The van der Waals surface area contributed by atoms with Crippen molar-refractivity contribution in [2.24, 2.45) is 0 Å². The Morgan fingerprint density at radius 3 is 2.11 bits per heavy atom. The Hall–Kier alpha value is -0.763. The third-order valence-electron chi connectivity index (χ3n) is 3.48. The molecule has 0 aliphatic carbocycles. The first-order valence-electron chi connectivity index (χ1n) is 6.65. The van der Waals surface area contributed by atoms with Gasteiger partial charge in [-0.2, -0.15) is 0 Å². The zero-order chi connectivity index (χ0) is 13.9. The smallest absolute Gasteiger partial charge is 0.134 e. The normalized spacial score (nSPS) is 11.6. The maximum absolute atomic E-state index is 6.80. The highest BCUT2D eigenvalue weighted by atomic mass is 35.7. The highest BCUT2D eigenvalue weighted by molar-refractivity contribution is 7.56. The molecule has 0 saturated heterocycles. The predicted molar refractivity (Wildman–Crippen MR) is 88.4 cm³/mol. The SMILES string of the molecule is CCc1cccc([Si](Cl)(Cl)c2ccccc2)c1CC. The van der Waals surface area contributed by atoms with Gasteiger partial charge in [0.1, 0.15) is 0 Å². The van der Waals surface area contributed by atoms with Crippen molar-refractivity contribution in [3.05, 3.63) is 59.7 Å². The van der Waals surface area contributed by atoms with Crippen LogP contribution in [0.25, 0.3) is 0 Å². The van der Waals surface area contributed by atoms with E-state index < -0.39 is 6.69 Å². The molecule has 100 valence electrons. The maximum Gasteiger partial charge on any atom is 0.310 e. The van der Waals surface area contributed by atoms with Gasteiger partial charge < -0.3 is 0 Å². The van der Waals surface area contributed by atoms with Crippen LogP contribution >= 0.6 is 22.2 Å². The van der Waals surface area contributed by atoms with Crippen molar-refractivity contribution in [1.29, 1.82) is 0 Å². The fraction of sp³-hybridized carbons (Fsp3) is 0.250. The minimum absolute atomic E-state index is 0.973. The van der Waals surface area contributed by atoms with Gasteiger partial charge in [0.15, 0.2) is 0 Å². The van der Waals surface area contributed by atoms with Crippen molar-refractivity contribution < 1.29 is 0 Å². The lowest BCUT2D eigenvalue weighted by molar-refractivity contribution is 1.05. The van der Waals surface area contributed by atoms with Gasteiger partial charge in [0.2, 0.25) is 0 Å². The van der Waals surface area contributed by atoms with E-state index in [-0.39, 0.29) is 0 Å². The van der Waals surface area contributed by atoms with E-state index in [1.165, 1.54) is 11.1 Å². The van der Waals surface area contributed by atoms with E-state index in [9.17, 15) is 0 Å². The molecule has 3 heteroatoms. The Balaban J connectivity index is 2.58. The third kappa shape index (κ3) is 2.89. The van der Waals surface area contributed by atoms with Gasteiger partial charge in [-0.25, -0.2) is 0 Å². The minimum atomic E-state index is -2.62. The van der Waals surface area contributed by atoms with Crippen molar-refractivity contribution >= 4 is 39.2 Å². The van der Waals surface area contributed by atoms with Crippen LogP contribution in [-0.4, -0.2) is 6.69 Å². The first-order chi connectivity index (χ1) is 9.11. The summed E-state index contributed by atoms with van der Waals surface area (Å²) in [6.45, 7) is 1.72. The molecular weight excluding hydrogens is 291 g/mol. The molecule has 0 bridgehead atoms. The molecule has 2 rings (SSSR count). The summed E-state index contributed by atoms with van der Waals surface area (Å²) >= 11 is 13.6. The van der Waals surface area contributed by atoms with E-state index >= 15 is 0 Å². The molecule has 0 atom stereocenters. The lowest BCUT2D eigenvalue weighted by Gasteiger charge is -2.22. The van der Waals surface area contributed by atoms with Crippen molar-refractivity contribution in [2.45, 2.75) is 26.7 Å². The largest absolute Gasteiger partial charge is 0.310 e. The lowest BCUT2D eigenvalue weighted by atomic mass is 10.0. The highest BCUT2D eigenvalue weighted by Gasteiger charge is 2.35. The topological polar surface area (TPSA) is 0 Å². The molecule has 0 spiro atoms. The van der Waals surface area contributed by atoms with E-state index in [0.717, 1.165) is 23.2 Å². The number of rotatable bonds is 4. The van der Waals surface area contributed by atoms with Crippen LogP contribution in [0.15, 0.2) is 48.5 Å². The van der Waals surface area contributed by atoms with Gasteiger partial charge in [0.05, 0.1) is 0 Å². The molecule has 0 amide bonds. The quantitative estimate of drug-likeness (QED) is 0.594. The summed E-state index contributed by atoms with van der Waals surface area (Å²) in [5.41, 5.74) is 2.68. The highest BCUT2D eigenvalue weighted by Crippen LogP contribution is 2.20. The van der Waals surface area contributed by atoms with Crippen LogP contribution in [0.4, 0.5) is 0 Å². The van der Waals surface area contributed by atoms with Crippen LogP contribution < -0.4 is 10.4 Å². The average Bonchev–Trinajstić information content (AvgIpc) is 2.47. The number of benzene rings is 2. The first-order valence-corrected chi connectivity index (χ1v) is 10.7. The number of halogens is 2. The molecule has 2 aromatic rings. The number of aryl methyl sites for hydroxylation is 1. The molecule has 19 heavy (non-hydrogen) atoms. The minimum Gasteiger partial charge on any atom is -0.134 e. The molecule has 2 aromatic carbocycles. The molecule has 0 aliphatic rings. The van der Waals surface area contributed by atoms with E-state index in [0.29, 0.717) is 0 Å². The zero-order valence-corrected chi connectivity index (χ0v) is 13.8. The summed E-state index contributed by atoms with van der Waals surface area (Å²) < 4.78 is 0. The monoisotopic (exact) mass is 308 g/mol. The van der Waals surface area contributed by atoms with Crippen LogP contribution in [0.2, 0.25) is 0 Å². The standard InChI is InChI=1S/C16H18Cl2Si/c1-3-13-9-8-12-16(15(13)4-2)19(17,18)14-10-6-5-7-11-14/h5-12H,3-4H2,1-2H3. The molecule has 0 nitrogen and oxygen atoms in total. The summed E-state index contributed by atoms with van der Waals surface area (Å²) in [4.78, 5) is 0. The second-order valence-corrected chi connectivity index (χ2v) is 10.8. The molecule has 0 unspecified atom stereocenters. The zero-order valence-electron chi connectivity index (χ0n) is 11.3. The van der Waals surface area contributed by atoms with Crippen LogP contribution in [-0.2, 0) is 12.8 Å². The van der Waals surface area contributed by atoms with Gasteiger partial charge >= 0.3 is 6.69 Å². The van der Waals surface area contributed by atoms with Crippen LogP contribution in [0.1, 0.15) is 25.0 Å². The molecule has 0 saturated carbocycles. The first kappa shape index (κ1) is 14.6. The van der Waals surface area contributed by atoms with Crippen LogP contribution in [0, 0.1) is 0 Å². The molecule has 0 radical (unpaired) electrons. The van der Waals surface area contributed by atoms with Crippen molar-refractivity contribution in [1.82, 2.24) is 0 Å². The van der Waals surface area contributed by atoms with Gasteiger partial charge in [-0.15, -0.1) is 22.2 Å². The van der Waals surface area contributed by atoms with Gasteiger partial charge in [-0.3, -0.25) is 0 Å². The Kier molecular flexibility index (Phi) is 4.72. The van der Waals surface area contributed by atoms with Gasteiger partial charge in [0, 0.05) is 0 Å². The molecule has 0 N–H and O–H groups in total. The Labute approximate surface area is 125 Å². The summed E-state index contributed by atoms with van der Waals surface area (Å²) in [6, 6.07) is 16.4. The van der Waals surface area contributed by atoms with Gasteiger partial charge in [-0.1, -0.05) is 62.4 Å². The molecular formula is C16H18Cl2Si. The second kappa shape index (κ2) is 6.13. The Bertz CT molecular complexity index is 550. The predicted octanol–water partition coefficient (Wildman–Crippen LogP) is 3.85. The summed E-state index contributed by atoms with van der Waals surface area (Å²) in [7, 11) is 0. The molecule has 0 aliphatic heterocycles. The molecule has 0 aromatic heterocycles. The number of hydrogen-bond donors (Lipinski definition) is 0. The van der Waals surface area contributed by atoms with E-state index in [4.69, 9.17) is 22.2 Å². The molecule has 0 fully saturated rings. The van der Waals surface area contributed by atoms with Gasteiger partial charge in [0.25, 0.3) is 0 Å². The fourth-order valence-corrected chi connectivity index (χ4v) is 6.24. The lowest BCUT2D eigenvalue weighted by Crippen LogP contribution is -2.50. The van der Waals surface area contributed by atoms with Crippen molar-refractivity contribution in [2.75, 3.05) is 0 Å². The van der Waals surface area contributed by atoms with Gasteiger partial charge in [-0.05, 0) is 34.3 Å². The van der Waals surface area contributed by atoms with E-state index in [2.05, 4.69) is 32.0 Å². The number of hydrogen-bond acceptors (Lipinski definition) is 0. The summed E-state index contributed by atoms with van der Waals surface area (Å²) in [5.74, 6) is 0. The Morgan fingerprint density at radius 1 is 0.842 bits per heavy atom. The van der Waals surface area contributed by atoms with Crippen LogP contribution in [0.3, 0.4) is 0 Å². The Morgan fingerprint density at radius 2 is 1.53 bits per heavy atom.